The van der Waals surface area contributed by atoms with Crippen LogP contribution in [0.3, 0.4) is 0 Å². The van der Waals surface area contributed by atoms with Crippen molar-refractivity contribution >= 4 is 5.91 Å². The number of alkyl halides is 2. The summed E-state index contributed by atoms with van der Waals surface area (Å²) in [4.78, 5) is 24.0. The summed E-state index contributed by atoms with van der Waals surface area (Å²) in [5.74, 6) is -0.309. The first-order valence-electron chi connectivity index (χ1n) is 8.75. The first-order chi connectivity index (χ1) is 14.0. The average Bonchev–Trinajstić information content (AvgIpc) is 2.69. The molecule has 0 saturated carbocycles. The molecular weight excluding hydrogens is 382 g/mol. The number of benzene rings is 1. The summed E-state index contributed by atoms with van der Waals surface area (Å²) in [6.45, 7) is -0.751. The smallest absolute Gasteiger partial charge is 0.387 e. The van der Waals surface area contributed by atoms with Gasteiger partial charge in [-0.15, -0.1) is 0 Å². The highest BCUT2D eigenvalue weighted by atomic mass is 19.3. The molecule has 1 amide bonds. The summed E-state index contributed by atoms with van der Waals surface area (Å²) in [6.07, 6.45) is 3.50. The number of hydrogen-bond acceptors (Lipinski definition) is 6. The number of primary amides is 1. The van der Waals surface area contributed by atoms with Crippen LogP contribution >= 0.6 is 0 Å². The summed E-state index contributed by atoms with van der Waals surface area (Å²) in [5.41, 5.74) is 7.71. The van der Waals surface area contributed by atoms with E-state index >= 15 is 0 Å². The van der Waals surface area contributed by atoms with Crippen LogP contribution in [0, 0.1) is 0 Å². The van der Waals surface area contributed by atoms with E-state index in [1.54, 1.807) is 24.4 Å². The van der Waals surface area contributed by atoms with Crippen molar-refractivity contribution in [2.75, 3.05) is 6.61 Å². The van der Waals surface area contributed by atoms with Gasteiger partial charge < -0.3 is 15.2 Å². The molecule has 3 rings (SSSR count). The minimum atomic E-state index is -2.93. The molecule has 0 bridgehead atoms. The number of carbonyl (C=O) groups excluding carboxylic acids is 1. The molecule has 7 nitrogen and oxygen atoms in total. The standard InChI is InChI=1S/C20H18F2N4O3/c1-2-28-19-17(13-4-3-5-15(9-13)29-20(21)22)26-14(11-25-19)8-12-6-7-16(18(23)27)24-10-12/h3-7,9-11,20H,2,8H2,1H3,(H2,23,27). The molecule has 9 heteroatoms. The molecular formula is C20H18F2N4O3. The van der Waals surface area contributed by atoms with Crippen LogP contribution in [-0.2, 0) is 6.42 Å². The Morgan fingerprint density at radius 1 is 1.17 bits per heavy atom. The molecule has 0 unspecified atom stereocenters. The van der Waals surface area contributed by atoms with Gasteiger partial charge in [-0.1, -0.05) is 18.2 Å². The Kier molecular flexibility index (Phi) is 6.28. The number of amides is 1. The van der Waals surface area contributed by atoms with E-state index in [9.17, 15) is 13.6 Å². The Labute approximate surface area is 165 Å². The predicted octanol–water partition coefficient (Wildman–Crippen LogP) is 3.23. The topological polar surface area (TPSA) is 100 Å². The van der Waals surface area contributed by atoms with E-state index in [-0.39, 0.29) is 17.3 Å². The zero-order valence-electron chi connectivity index (χ0n) is 15.5. The van der Waals surface area contributed by atoms with Crippen LogP contribution < -0.4 is 15.2 Å². The number of nitrogens with two attached hydrogens (primary N) is 1. The predicted molar refractivity (Wildman–Crippen MR) is 101 cm³/mol. The van der Waals surface area contributed by atoms with Gasteiger partial charge in [0.15, 0.2) is 0 Å². The van der Waals surface area contributed by atoms with Gasteiger partial charge in [-0.25, -0.2) is 9.97 Å². The molecule has 0 aliphatic carbocycles. The summed E-state index contributed by atoms with van der Waals surface area (Å²) in [6, 6.07) is 9.43. The van der Waals surface area contributed by atoms with Gasteiger partial charge in [0.2, 0.25) is 5.88 Å². The summed E-state index contributed by atoms with van der Waals surface area (Å²) in [5, 5.41) is 0. The summed E-state index contributed by atoms with van der Waals surface area (Å²) in [7, 11) is 0. The van der Waals surface area contributed by atoms with Crippen LogP contribution in [-0.4, -0.2) is 34.1 Å². The van der Waals surface area contributed by atoms with E-state index in [0.717, 1.165) is 5.56 Å². The minimum Gasteiger partial charge on any atom is -0.476 e. The molecule has 0 aliphatic rings. The van der Waals surface area contributed by atoms with E-state index in [1.165, 1.54) is 24.4 Å². The molecule has 0 aliphatic heterocycles. The normalized spacial score (nSPS) is 10.8. The lowest BCUT2D eigenvalue weighted by Gasteiger charge is -2.12. The van der Waals surface area contributed by atoms with Crippen LogP contribution in [0.2, 0.25) is 0 Å². The molecule has 2 heterocycles. The third kappa shape index (κ3) is 5.22. The van der Waals surface area contributed by atoms with Crippen LogP contribution in [0.4, 0.5) is 8.78 Å². The zero-order valence-corrected chi connectivity index (χ0v) is 15.5. The second kappa shape index (κ2) is 9.05. The van der Waals surface area contributed by atoms with Gasteiger partial charge >= 0.3 is 6.61 Å². The van der Waals surface area contributed by atoms with Gasteiger partial charge in [-0.3, -0.25) is 9.78 Å². The molecule has 150 valence electrons. The maximum absolute atomic E-state index is 12.5. The number of carbonyl (C=O) groups is 1. The van der Waals surface area contributed by atoms with Gasteiger partial charge in [-0.05, 0) is 30.7 Å². The van der Waals surface area contributed by atoms with Crippen molar-refractivity contribution in [3.8, 4) is 22.9 Å². The molecule has 3 aromatic rings. The SMILES string of the molecule is CCOc1ncc(Cc2ccc(C(N)=O)nc2)nc1-c1cccc(OC(F)F)c1. The number of aromatic nitrogens is 3. The maximum atomic E-state index is 12.5. The number of rotatable bonds is 8. The lowest BCUT2D eigenvalue weighted by molar-refractivity contribution is -0.0498. The van der Waals surface area contributed by atoms with Gasteiger partial charge in [-0.2, -0.15) is 8.78 Å². The van der Waals surface area contributed by atoms with E-state index < -0.39 is 12.5 Å². The Hall–Kier alpha value is -3.62. The molecule has 0 saturated heterocycles. The number of hydrogen-bond donors (Lipinski definition) is 1. The van der Waals surface area contributed by atoms with Crippen molar-refractivity contribution in [2.24, 2.45) is 5.73 Å². The van der Waals surface area contributed by atoms with Crippen molar-refractivity contribution in [2.45, 2.75) is 20.0 Å². The highest BCUT2D eigenvalue weighted by Crippen LogP contribution is 2.30. The maximum Gasteiger partial charge on any atom is 0.387 e. The van der Waals surface area contributed by atoms with Crippen molar-refractivity contribution in [1.82, 2.24) is 15.0 Å². The molecule has 0 radical (unpaired) electrons. The van der Waals surface area contributed by atoms with Crippen molar-refractivity contribution in [3.05, 3.63) is 65.7 Å². The largest absolute Gasteiger partial charge is 0.476 e. The van der Waals surface area contributed by atoms with Crippen LogP contribution in [0.5, 0.6) is 11.6 Å². The van der Waals surface area contributed by atoms with Gasteiger partial charge in [0.1, 0.15) is 17.1 Å². The Bertz CT molecular complexity index is 997. The molecule has 0 spiro atoms. The molecule has 1 aromatic carbocycles. The quantitative estimate of drug-likeness (QED) is 0.623. The van der Waals surface area contributed by atoms with Crippen molar-refractivity contribution < 1.29 is 23.0 Å². The van der Waals surface area contributed by atoms with Crippen LogP contribution in [0.1, 0.15) is 28.7 Å². The molecule has 0 atom stereocenters. The van der Waals surface area contributed by atoms with E-state index in [4.69, 9.17) is 10.5 Å². The van der Waals surface area contributed by atoms with E-state index in [2.05, 4.69) is 19.7 Å². The number of ether oxygens (including phenoxy) is 2. The van der Waals surface area contributed by atoms with Crippen molar-refractivity contribution in [3.63, 3.8) is 0 Å². The molecule has 29 heavy (non-hydrogen) atoms. The van der Waals surface area contributed by atoms with E-state index in [1.807, 2.05) is 6.92 Å². The fraction of sp³-hybridized carbons (Fsp3) is 0.200. The van der Waals surface area contributed by atoms with Crippen molar-refractivity contribution in [1.29, 1.82) is 0 Å². The van der Waals surface area contributed by atoms with Gasteiger partial charge in [0, 0.05) is 18.2 Å². The molecule has 0 fully saturated rings. The summed E-state index contributed by atoms with van der Waals surface area (Å²) < 4.78 is 35.1. The monoisotopic (exact) mass is 400 g/mol. The van der Waals surface area contributed by atoms with Gasteiger partial charge in [0.05, 0.1) is 18.5 Å². The lowest BCUT2D eigenvalue weighted by Crippen LogP contribution is -2.12. The fourth-order valence-corrected chi connectivity index (χ4v) is 2.63. The third-order valence-corrected chi connectivity index (χ3v) is 3.86. The Morgan fingerprint density at radius 2 is 2.00 bits per heavy atom. The minimum absolute atomic E-state index is 0.0124. The Balaban J connectivity index is 1.92. The zero-order chi connectivity index (χ0) is 20.8. The van der Waals surface area contributed by atoms with Crippen LogP contribution in [0.15, 0.2) is 48.8 Å². The third-order valence-electron chi connectivity index (χ3n) is 3.86. The molecule has 2 N–H and O–H groups in total. The first kappa shape index (κ1) is 20.1. The number of halogens is 2. The fourth-order valence-electron chi connectivity index (χ4n) is 2.63. The first-order valence-corrected chi connectivity index (χ1v) is 8.75. The number of pyridine rings is 1. The number of nitrogens with zero attached hydrogens (tertiary/aromatic N) is 3. The highest BCUT2D eigenvalue weighted by Gasteiger charge is 2.14. The highest BCUT2D eigenvalue weighted by molar-refractivity contribution is 5.90. The lowest BCUT2D eigenvalue weighted by atomic mass is 10.1. The van der Waals surface area contributed by atoms with Gasteiger partial charge in [0.25, 0.3) is 5.91 Å². The second-order valence-electron chi connectivity index (χ2n) is 5.95. The summed E-state index contributed by atoms with van der Waals surface area (Å²) >= 11 is 0. The Morgan fingerprint density at radius 3 is 2.66 bits per heavy atom. The molecule has 2 aromatic heterocycles. The second-order valence-corrected chi connectivity index (χ2v) is 5.95. The average molecular weight is 400 g/mol. The van der Waals surface area contributed by atoms with E-state index in [0.29, 0.717) is 30.0 Å². The van der Waals surface area contributed by atoms with Crippen LogP contribution in [0.25, 0.3) is 11.3 Å².